The standard InChI is InChI=1S/C39H57FN4O7/c1-39(2,3)51-32(45)16-22-8-10-43(20-22)34-29(40)17-27-33-37(34)50-31-19-26-25(23-6-4-5-7-24(23)35(26)46)18-30(31)44(33)21-28(36(27)47)38(48)41-9-11-42-12-14-49-15-13-42/h21-27,29-31,33-34,37H,4-20H2,1-3H3,(H,41,48)/t22-,23?,24?,25?,26?,27?,29?,30?,31?,33?,34?,37?/m1/s1. The molecule has 1 amide bonds. The molecule has 0 bridgehead atoms. The zero-order chi connectivity index (χ0) is 35.6. The molecule has 7 fully saturated rings. The maximum atomic E-state index is 16.7. The van der Waals surface area contributed by atoms with Crippen LogP contribution >= 0.6 is 0 Å². The van der Waals surface area contributed by atoms with Crippen molar-refractivity contribution in [3.63, 3.8) is 0 Å². The van der Waals surface area contributed by atoms with Crippen LogP contribution in [-0.4, -0.2) is 133 Å². The van der Waals surface area contributed by atoms with Crippen LogP contribution < -0.4 is 5.32 Å². The number of Topliss-reactive ketones (excluding diaryl/α,β-unsaturated/α-hetero) is 2. The second-order valence-electron chi connectivity index (χ2n) is 17.7. The summed E-state index contributed by atoms with van der Waals surface area (Å²) in [6.45, 7) is 10.8. The number of carbonyl (C=O) groups excluding carboxylic acids is 4. The van der Waals surface area contributed by atoms with E-state index in [1.165, 1.54) is 0 Å². The summed E-state index contributed by atoms with van der Waals surface area (Å²) in [6, 6.07) is -1.05. The van der Waals surface area contributed by atoms with Crippen molar-refractivity contribution in [3.8, 4) is 0 Å². The topological polar surface area (TPSA) is 118 Å². The van der Waals surface area contributed by atoms with Crippen molar-refractivity contribution < 1.29 is 37.8 Å². The number of esters is 1. The Kier molecular flexibility index (Phi) is 9.85. The number of rotatable bonds is 7. The molecular formula is C39H57FN4O7. The fourth-order valence-electron chi connectivity index (χ4n) is 11.5. The van der Waals surface area contributed by atoms with E-state index in [9.17, 15) is 19.2 Å². The number of hydrogen-bond acceptors (Lipinski definition) is 10. The first-order valence-corrected chi connectivity index (χ1v) is 19.9. The van der Waals surface area contributed by atoms with Crippen LogP contribution in [0.4, 0.5) is 4.39 Å². The van der Waals surface area contributed by atoms with Gasteiger partial charge in [0.2, 0.25) is 0 Å². The van der Waals surface area contributed by atoms with Crippen LogP contribution in [0.25, 0.3) is 0 Å². The summed E-state index contributed by atoms with van der Waals surface area (Å²) in [4.78, 5) is 61.1. The Hall–Kier alpha value is -2.41. The van der Waals surface area contributed by atoms with Crippen molar-refractivity contribution in [2.75, 3.05) is 52.5 Å². The summed E-state index contributed by atoms with van der Waals surface area (Å²) in [5.74, 6) is -0.432. The lowest BCUT2D eigenvalue weighted by Crippen LogP contribution is -2.73. The summed E-state index contributed by atoms with van der Waals surface area (Å²) < 4.78 is 34.8. The molecule has 51 heavy (non-hydrogen) atoms. The van der Waals surface area contributed by atoms with E-state index in [0.29, 0.717) is 57.5 Å². The van der Waals surface area contributed by atoms with E-state index >= 15 is 4.39 Å². The number of amides is 1. The first-order valence-electron chi connectivity index (χ1n) is 19.9. The van der Waals surface area contributed by atoms with Gasteiger partial charge < -0.3 is 24.4 Å². The van der Waals surface area contributed by atoms with E-state index < -0.39 is 35.7 Å². The second kappa shape index (κ2) is 14.1. The number of halogens is 1. The van der Waals surface area contributed by atoms with Crippen LogP contribution in [0.2, 0.25) is 0 Å². The van der Waals surface area contributed by atoms with Gasteiger partial charge in [0.1, 0.15) is 17.6 Å². The number of alkyl halides is 1. The predicted molar refractivity (Wildman–Crippen MR) is 185 cm³/mol. The number of ether oxygens (including phenoxy) is 3. The number of nitrogens with zero attached hydrogens (tertiary/aromatic N) is 3. The van der Waals surface area contributed by atoms with Gasteiger partial charge in [-0.05, 0) is 83.6 Å². The summed E-state index contributed by atoms with van der Waals surface area (Å²) in [5, 5.41) is 3.00. The Morgan fingerprint density at radius 3 is 2.53 bits per heavy atom. The molecular weight excluding hydrogens is 655 g/mol. The molecule has 1 N–H and O–H groups in total. The van der Waals surface area contributed by atoms with E-state index in [4.69, 9.17) is 14.2 Å². The van der Waals surface area contributed by atoms with Gasteiger partial charge in [-0.2, -0.15) is 0 Å². The van der Waals surface area contributed by atoms with Gasteiger partial charge in [0.25, 0.3) is 5.91 Å². The lowest BCUT2D eigenvalue weighted by molar-refractivity contribution is -0.218. The molecule has 0 aromatic heterocycles. The second-order valence-corrected chi connectivity index (χ2v) is 17.7. The minimum Gasteiger partial charge on any atom is -0.460 e. The van der Waals surface area contributed by atoms with Gasteiger partial charge in [0.15, 0.2) is 5.78 Å². The summed E-state index contributed by atoms with van der Waals surface area (Å²) in [6.07, 6.45) is 6.36. The predicted octanol–water partition coefficient (Wildman–Crippen LogP) is 2.90. The van der Waals surface area contributed by atoms with Crippen molar-refractivity contribution in [3.05, 3.63) is 11.8 Å². The molecule has 4 aliphatic carbocycles. The van der Waals surface area contributed by atoms with Crippen molar-refractivity contribution in [2.24, 2.45) is 35.5 Å². The zero-order valence-electron chi connectivity index (χ0n) is 30.6. The minimum absolute atomic E-state index is 0.0305. The third kappa shape index (κ3) is 6.80. The molecule has 8 rings (SSSR count). The quantitative estimate of drug-likeness (QED) is 0.312. The molecule has 11 nitrogen and oxygen atoms in total. The third-order valence-corrected chi connectivity index (χ3v) is 13.6. The smallest absolute Gasteiger partial charge is 0.306 e. The van der Waals surface area contributed by atoms with Crippen LogP contribution in [0.1, 0.15) is 78.6 Å². The molecule has 4 heterocycles. The van der Waals surface area contributed by atoms with E-state index in [0.717, 1.165) is 51.6 Å². The van der Waals surface area contributed by atoms with Crippen molar-refractivity contribution in [1.29, 1.82) is 0 Å². The highest BCUT2D eigenvalue weighted by molar-refractivity contribution is 6.20. The molecule has 12 atom stereocenters. The Labute approximate surface area is 301 Å². The summed E-state index contributed by atoms with van der Waals surface area (Å²) >= 11 is 0. The number of carbonyl (C=O) groups is 4. The molecule has 0 aromatic carbocycles. The minimum atomic E-state index is -1.34. The number of ketones is 2. The normalized spacial score (nSPS) is 41.3. The molecule has 12 heteroatoms. The molecule has 8 aliphatic rings. The zero-order valence-corrected chi connectivity index (χ0v) is 30.6. The fraction of sp³-hybridized carbons (Fsp3) is 0.846. The number of hydrogen-bond donors (Lipinski definition) is 1. The largest absolute Gasteiger partial charge is 0.460 e. The molecule has 4 saturated carbocycles. The highest BCUT2D eigenvalue weighted by Crippen LogP contribution is 2.56. The molecule has 0 aromatic rings. The van der Waals surface area contributed by atoms with E-state index in [1.54, 1.807) is 6.20 Å². The average Bonchev–Trinajstić information content (AvgIpc) is 3.66. The highest BCUT2D eigenvalue weighted by Gasteiger charge is 2.63. The molecule has 0 radical (unpaired) electrons. The van der Waals surface area contributed by atoms with Crippen LogP contribution in [0.5, 0.6) is 0 Å². The van der Waals surface area contributed by atoms with Gasteiger partial charge in [-0.1, -0.05) is 12.8 Å². The van der Waals surface area contributed by atoms with Gasteiger partial charge in [0.05, 0.1) is 49.1 Å². The van der Waals surface area contributed by atoms with Crippen molar-refractivity contribution in [2.45, 2.75) is 121 Å². The van der Waals surface area contributed by atoms with Gasteiger partial charge in [-0.15, -0.1) is 0 Å². The third-order valence-electron chi connectivity index (χ3n) is 13.6. The van der Waals surface area contributed by atoms with Crippen LogP contribution in [-0.2, 0) is 33.4 Å². The lowest BCUT2D eigenvalue weighted by Gasteiger charge is -2.61. The van der Waals surface area contributed by atoms with E-state index in [2.05, 4.69) is 20.0 Å². The van der Waals surface area contributed by atoms with Gasteiger partial charge in [-0.3, -0.25) is 29.0 Å². The van der Waals surface area contributed by atoms with Gasteiger partial charge >= 0.3 is 5.97 Å². The number of nitrogens with one attached hydrogen (secondary N) is 1. The first kappa shape index (κ1) is 35.6. The monoisotopic (exact) mass is 712 g/mol. The average molecular weight is 713 g/mol. The number of likely N-dealkylation sites (tertiary alicyclic amines) is 1. The molecule has 282 valence electrons. The summed E-state index contributed by atoms with van der Waals surface area (Å²) in [7, 11) is 0. The maximum absolute atomic E-state index is 16.7. The van der Waals surface area contributed by atoms with E-state index in [1.807, 2.05) is 20.8 Å². The van der Waals surface area contributed by atoms with Gasteiger partial charge in [0, 0.05) is 63.1 Å². The number of fused-ring (bicyclic) bond motifs is 5. The summed E-state index contributed by atoms with van der Waals surface area (Å²) in [5.41, 5.74) is -0.452. The van der Waals surface area contributed by atoms with Crippen LogP contribution in [0.3, 0.4) is 0 Å². The van der Waals surface area contributed by atoms with Gasteiger partial charge in [-0.25, -0.2) is 4.39 Å². The Bertz CT molecular complexity index is 1410. The number of morpholine rings is 2. The Morgan fingerprint density at radius 1 is 0.961 bits per heavy atom. The first-order chi connectivity index (χ1) is 24.5. The lowest BCUT2D eigenvalue weighted by atomic mass is 9.66. The van der Waals surface area contributed by atoms with Crippen LogP contribution in [0.15, 0.2) is 11.8 Å². The van der Waals surface area contributed by atoms with Crippen LogP contribution in [0, 0.1) is 35.5 Å². The Morgan fingerprint density at radius 2 is 1.75 bits per heavy atom. The maximum Gasteiger partial charge on any atom is 0.306 e. The van der Waals surface area contributed by atoms with Crippen molar-refractivity contribution >= 4 is 23.4 Å². The SMILES string of the molecule is CC(C)(C)OC(=O)C[C@H]1CCN(C2C(F)CC3C(=O)C(C(=O)NCCN4CCOCC4)=CN4C5CC6C(CC5OC2C34)C(=O)C2CCCCC26)C1. The molecule has 4 aliphatic heterocycles. The molecule has 3 saturated heterocycles. The molecule has 11 unspecified atom stereocenters. The Balaban J connectivity index is 1.06. The molecule has 0 spiro atoms. The van der Waals surface area contributed by atoms with Crippen molar-refractivity contribution in [1.82, 2.24) is 20.0 Å². The highest BCUT2D eigenvalue weighted by atomic mass is 19.1. The van der Waals surface area contributed by atoms with E-state index in [-0.39, 0.29) is 72.0 Å². The fourth-order valence-corrected chi connectivity index (χ4v) is 11.5.